The number of nitrogens with two attached hydrogens (primary N) is 1. The van der Waals surface area contributed by atoms with E-state index in [-0.39, 0.29) is 50.3 Å². The molecule has 3 fully saturated rings. The lowest BCUT2D eigenvalue weighted by atomic mass is 9.80. The van der Waals surface area contributed by atoms with Gasteiger partial charge < -0.3 is 88.1 Å². The molecule has 4 aliphatic rings. The van der Waals surface area contributed by atoms with Crippen LogP contribution in [0.5, 0.6) is 0 Å². The van der Waals surface area contributed by atoms with Crippen molar-refractivity contribution < 1.29 is 96.1 Å². The number of methoxy groups -OCH3 is 2. The maximum atomic E-state index is 14.6. The van der Waals surface area contributed by atoms with Crippen molar-refractivity contribution in [1.82, 2.24) is 10.2 Å². The molecule has 510 valence electrons. The quantitative estimate of drug-likeness (QED) is 0.0263. The van der Waals surface area contributed by atoms with Crippen molar-refractivity contribution in [1.29, 1.82) is 0 Å². The fourth-order valence-corrected chi connectivity index (χ4v) is 11.8. The van der Waals surface area contributed by atoms with Crippen molar-refractivity contribution in [3.05, 3.63) is 47.6 Å². The number of carbonyl (C=O) groups is 5. The lowest BCUT2D eigenvalue weighted by molar-refractivity contribution is -0.265. The molecule has 1 saturated carbocycles. The van der Waals surface area contributed by atoms with Crippen LogP contribution in [0.15, 0.2) is 47.6 Å². The second kappa shape index (κ2) is 43.0. The van der Waals surface area contributed by atoms with Crippen LogP contribution in [0, 0.1) is 29.6 Å². The number of nitrogens with zero attached hydrogens (tertiary/aromatic N) is 1. The van der Waals surface area contributed by atoms with Gasteiger partial charge in [0.1, 0.15) is 30.5 Å². The summed E-state index contributed by atoms with van der Waals surface area (Å²) in [6, 6.07) is -1.86. The number of piperidine rings is 1. The number of esters is 1. The van der Waals surface area contributed by atoms with Gasteiger partial charge in [0.05, 0.1) is 104 Å². The van der Waals surface area contributed by atoms with Crippen molar-refractivity contribution in [3.63, 3.8) is 0 Å². The van der Waals surface area contributed by atoms with Gasteiger partial charge in [-0.2, -0.15) is 0 Å². The minimum atomic E-state index is -2.45. The molecule has 23 nitrogen and oxygen atoms in total. The monoisotopic (exact) mass is 1270 g/mol. The average molecular weight is 1270 g/mol. The molecule has 0 aromatic carbocycles. The number of amides is 2. The maximum absolute atomic E-state index is 14.6. The molecule has 4 rings (SSSR count). The molecule has 3 aliphatic heterocycles. The Balaban J connectivity index is 1.34. The number of hydrogen-bond acceptors (Lipinski definition) is 21. The summed E-state index contributed by atoms with van der Waals surface area (Å²) in [6.07, 6.45) is 10.3. The molecule has 0 radical (unpaired) electrons. The number of alkyl carbamates (subject to hydrolysis) is 1. The lowest BCUT2D eigenvalue weighted by Crippen LogP contribution is -2.61. The van der Waals surface area contributed by atoms with E-state index in [1.807, 2.05) is 58.1 Å². The molecule has 1 unspecified atom stereocenters. The van der Waals surface area contributed by atoms with Crippen LogP contribution >= 0.6 is 0 Å². The van der Waals surface area contributed by atoms with E-state index in [4.69, 9.17) is 62.6 Å². The van der Waals surface area contributed by atoms with Crippen molar-refractivity contribution >= 4 is 29.5 Å². The number of carbonyl (C=O) groups excluding carboxylic acids is 5. The molecule has 3 heterocycles. The van der Waals surface area contributed by atoms with Gasteiger partial charge in [-0.25, -0.2) is 9.59 Å². The van der Waals surface area contributed by atoms with E-state index in [1.165, 1.54) is 4.90 Å². The average Bonchev–Trinajstić information content (AvgIpc) is 1.92. The number of rotatable bonds is 28. The summed E-state index contributed by atoms with van der Waals surface area (Å²) in [4.78, 5) is 71.0. The number of aliphatic hydroxyl groups is 3. The Kier molecular flexibility index (Phi) is 37.4. The Hall–Kier alpha value is -4.05. The zero-order chi connectivity index (χ0) is 65.1. The van der Waals surface area contributed by atoms with Gasteiger partial charge in [0.15, 0.2) is 5.78 Å². The summed E-state index contributed by atoms with van der Waals surface area (Å²) in [5.41, 5.74) is 8.34. The number of ketones is 2. The minimum Gasteiger partial charge on any atom is -0.459 e. The Labute approximate surface area is 529 Å². The molecule has 2 saturated heterocycles. The molecular weight excluding hydrogens is 1150 g/mol. The first-order valence-electron chi connectivity index (χ1n) is 32.6. The molecule has 23 heteroatoms. The molecular formula is C66H111N3O20. The highest BCUT2D eigenvalue weighted by Crippen LogP contribution is 2.37. The largest absolute Gasteiger partial charge is 0.459 e. The lowest BCUT2D eigenvalue weighted by Gasteiger charge is -2.42. The zero-order valence-corrected chi connectivity index (χ0v) is 54.9. The number of Topliss-reactive ketones (excluding diaryl/α,β-unsaturated/α-hetero) is 2. The minimum absolute atomic E-state index is 0.0237. The highest BCUT2D eigenvalue weighted by molar-refractivity contribution is 6.39. The predicted molar refractivity (Wildman–Crippen MR) is 332 cm³/mol. The maximum Gasteiger partial charge on any atom is 0.407 e. The summed E-state index contributed by atoms with van der Waals surface area (Å²) in [5, 5.41) is 37.2. The summed E-state index contributed by atoms with van der Waals surface area (Å²) < 4.78 is 68.4. The second-order valence-electron chi connectivity index (χ2n) is 24.3. The number of nitrogens with one attached hydrogen (secondary N) is 1. The van der Waals surface area contributed by atoms with Crippen LogP contribution in [0.3, 0.4) is 0 Å². The summed E-state index contributed by atoms with van der Waals surface area (Å²) in [7, 11) is 3.13. The van der Waals surface area contributed by atoms with Gasteiger partial charge in [0.2, 0.25) is 5.79 Å². The number of allylic oxidation sites excluding steroid dienone is 6. The highest BCUT2D eigenvalue weighted by Gasteiger charge is 2.53. The Morgan fingerprint density at radius 2 is 1.31 bits per heavy atom. The van der Waals surface area contributed by atoms with Crippen LogP contribution in [0.1, 0.15) is 132 Å². The van der Waals surface area contributed by atoms with Gasteiger partial charge in [0.25, 0.3) is 11.7 Å². The van der Waals surface area contributed by atoms with Gasteiger partial charge in [-0.3, -0.25) is 14.4 Å². The Bertz CT molecular complexity index is 2200. The van der Waals surface area contributed by atoms with Gasteiger partial charge in [0, 0.05) is 58.2 Å². The topological polar surface area (TPSA) is 298 Å². The summed E-state index contributed by atoms with van der Waals surface area (Å²) in [5.74, 6) is -7.38. The molecule has 89 heavy (non-hydrogen) atoms. The van der Waals surface area contributed by atoms with Gasteiger partial charge in [-0.05, 0) is 127 Å². The number of fused-ring (bicyclic) bond motifs is 3. The SMILES string of the molecule is CCOCCOCCOCCOCCOCCOCCOCCNC(=O)O[C@@H]1CC[C@@H](C[C@@H](N)[C@@H]2CC[C@H](C)/C=C(\C)[C@@H](O)[C@@H](O)C(=O)C(C)C[C@H](C)/C=C/C=C/C=C(\C)[C@@H](OC)C[C@@H]3CC[C@@H](C)[C@@](O)(O3)C(=O)C(=O)N3CCCC[C@H]3C(=O)O2)C[C@H]1OC. The first-order chi connectivity index (χ1) is 42.7. The van der Waals surface area contributed by atoms with Crippen LogP contribution in [-0.2, 0) is 76.0 Å². The number of aliphatic hydroxyl groups excluding tert-OH is 2. The van der Waals surface area contributed by atoms with E-state index in [9.17, 15) is 39.3 Å². The molecule has 0 aromatic heterocycles. The van der Waals surface area contributed by atoms with Crippen molar-refractivity contribution in [2.45, 2.75) is 193 Å². The third kappa shape index (κ3) is 27.6. The van der Waals surface area contributed by atoms with Gasteiger partial charge in [-0.1, -0.05) is 64.2 Å². The van der Waals surface area contributed by atoms with E-state index < -0.39 is 102 Å². The van der Waals surface area contributed by atoms with Crippen molar-refractivity contribution in [2.75, 3.05) is 120 Å². The fourth-order valence-electron chi connectivity index (χ4n) is 11.8. The first-order valence-corrected chi connectivity index (χ1v) is 32.6. The molecule has 2 amide bonds. The molecule has 15 atom stereocenters. The Morgan fingerprint density at radius 1 is 0.697 bits per heavy atom. The van der Waals surface area contributed by atoms with Crippen LogP contribution in [0.2, 0.25) is 0 Å². The highest BCUT2D eigenvalue weighted by atomic mass is 16.6. The number of hydrogen-bond donors (Lipinski definition) is 5. The zero-order valence-electron chi connectivity index (χ0n) is 54.9. The normalized spacial score (nSPS) is 32.6. The van der Waals surface area contributed by atoms with Crippen LogP contribution in [-0.4, -0.2) is 230 Å². The molecule has 6 N–H and O–H groups in total. The fraction of sp³-hybridized carbons (Fsp3) is 0.803. The van der Waals surface area contributed by atoms with E-state index in [1.54, 1.807) is 41.1 Å². The van der Waals surface area contributed by atoms with E-state index >= 15 is 0 Å². The number of ether oxygens (including phenoxy) is 12. The standard InChI is InChI=1S/C66H111N3O20/c1-10-80-28-29-82-32-33-84-36-37-86-39-38-85-35-34-83-31-30-81-27-25-68-65(76)88-56-24-21-51(43-58(56)79-9)42-53(67)55-23-19-46(3)41-49(6)60(71)61(72)59(70)48(5)40-45(2)16-12-11-13-17-47(4)57(78-8)44-52-22-20-50(7)66(77,89-52)62(73)63(74)69-26-15-14-18-54(69)64(75)87-55/h11-13,16-17,41,45-46,48,50-58,60-61,71-72,77H,10,14-15,18-40,42-44,67H2,1-9H3,(H,68,76)/b13-11+,16-12+,47-17+,49-41+/t45-,46+,48?,50-,51+,52+,53-,54+,55+,56-,57+,58-,60-,61+,66-/m1/s1. The van der Waals surface area contributed by atoms with E-state index in [0.717, 1.165) is 5.57 Å². The van der Waals surface area contributed by atoms with Crippen molar-refractivity contribution in [3.8, 4) is 0 Å². The predicted octanol–water partition coefficient (Wildman–Crippen LogP) is 5.91. The van der Waals surface area contributed by atoms with Crippen LogP contribution in [0.4, 0.5) is 4.79 Å². The summed E-state index contributed by atoms with van der Waals surface area (Å²) in [6.45, 7) is 19.5. The van der Waals surface area contributed by atoms with Crippen molar-refractivity contribution in [2.24, 2.45) is 35.3 Å². The third-order valence-electron chi connectivity index (χ3n) is 17.2. The number of cyclic esters (lactones) is 1. The van der Waals surface area contributed by atoms with E-state index in [2.05, 4.69) is 5.32 Å². The van der Waals surface area contributed by atoms with Gasteiger partial charge >= 0.3 is 12.1 Å². The van der Waals surface area contributed by atoms with Crippen LogP contribution < -0.4 is 11.1 Å². The second-order valence-corrected chi connectivity index (χ2v) is 24.3. The molecule has 0 aromatic rings. The Morgan fingerprint density at radius 3 is 1.92 bits per heavy atom. The molecule has 1 aliphatic carbocycles. The molecule has 2 bridgehead atoms. The van der Waals surface area contributed by atoms with Gasteiger partial charge in [-0.15, -0.1) is 0 Å². The molecule has 0 spiro atoms. The first kappa shape index (κ1) is 77.4. The smallest absolute Gasteiger partial charge is 0.407 e. The summed E-state index contributed by atoms with van der Waals surface area (Å²) >= 11 is 0. The van der Waals surface area contributed by atoms with Crippen LogP contribution in [0.25, 0.3) is 0 Å². The third-order valence-corrected chi connectivity index (χ3v) is 17.2. The van der Waals surface area contributed by atoms with E-state index in [0.29, 0.717) is 162 Å².